The first kappa shape index (κ1) is 13.1. The highest BCUT2D eigenvalue weighted by atomic mass is 16.5. The number of anilines is 1. The molecule has 0 saturated carbocycles. The molecule has 1 amide bonds. The first-order valence-electron chi connectivity index (χ1n) is 5.65. The van der Waals surface area contributed by atoms with Crippen molar-refractivity contribution in [3.8, 4) is 5.75 Å². The van der Waals surface area contributed by atoms with Crippen molar-refractivity contribution in [1.82, 2.24) is 0 Å². The van der Waals surface area contributed by atoms with Gasteiger partial charge in [0, 0.05) is 11.8 Å². The van der Waals surface area contributed by atoms with Gasteiger partial charge in [-0.1, -0.05) is 0 Å². The molecule has 1 saturated heterocycles. The van der Waals surface area contributed by atoms with E-state index in [1.165, 1.54) is 25.2 Å². The standard InChI is InChI=1S/C13H13NO5/c1-18-11-5-8(3-4-10(11)13(17)19-2)14-7-9(15)6-12(14)16/h3-5H,6-7H2,1-2H3. The van der Waals surface area contributed by atoms with E-state index >= 15 is 0 Å². The van der Waals surface area contributed by atoms with Crippen LogP contribution in [0.25, 0.3) is 0 Å². The minimum absolute atomic E-state index is 0.0551. The first-order valence-corrected chi connectivity index (χ1v) is 5.65. The summed E-state index contributed by atoms with van der Waals surface area (Å²) >= 11 is 0. The summed E-state index contributed by atoms with van der Waals surface area (Å²) in [6.07, 6.45) is -0.0823. The molecule has 0 radical (unpaired) electrons. The number of Topliss-reactive ketones (excluding diaryl/α,β-unsaturated/α-hetero) is 1. The number of amides is 1. The van der Waals surface area contributed by atoms with Gasteiger partial charge in [0.25, 0.3) is 0 Å². The Morgan fingerprint density at radius 1 is 1.26 bits per heavy atom. The van der Waals surface area contributed by atoms with Gasteiger partial charge in [0.15, 0.2) is 5.78 Å². The van der Waals surface area contributed by atoms with Gasteiger partial charge in [-0.05, 0) is 12.1 Å². The van der Waals surface area contributed by atoms with Crippen LogP contribution in [-0.4, -0.2) is 38.4 Å². The molecule has 19 heavy (non-hydrogen) atoms. The van der Waals surface area contributed by atoms with Crippen LogP contribution in [0.2, 0.25) is 0 Å². The van der Waals surface area contributed by atoms with Gasteiger partial charge in [-0.25, -0.2) is 4.79 Å². The third-order valence-electron chi connectivity index (χ3n) is 2.89. The molecule has 0 aliphatic carbocycles. The normalized spacial score (nSPS) is 14.7. The van der Waals surface area contributed by atoms with E-state index in [0.717, 1.165) is 0 Å². The van der Waals surface area contributed by atoms with Crippen molar-refractivity contribution < 1.29 is 23.9 Å². The summed E-state index contributed by atoms with van der Waals surface area (Å²) < 4.78 is 9.74. The number of carbonyl (C=O) groups is 3. The third kappa shape index (κ3) is 2.42. The molecule has 0 unspecified atom stereocenters. The second kappa shape index (κ2) is 5.09. The predicted molar refractivity (Wildman–Crippen MR) is 66.3 cm³/mol. The highest BCUT2D eigenvalue weighted by molar-refractivity contribution is 6.15. The number of hydrogen-bond donors (Lipinski definition) is 0. The zero-order chi connectivity index (χ0) is 14.0. The monoisotopic (exact) mass is 263 g/mol. The van der Waals surface area contributed by atoms with Gasteiger partial charge in [0.1, 0.15) is 11.3 Å². The maximum Gasteiger partial charge on any atom is 0.341 e. The minimum Gasteiger partial charge on any atom is -0.496 e. The van der Waals surface area contributed by atoms with Gasteiger partial charge in [-0.3, -0.25) is 9.59 Å². The summed E-state index contributed by atoms with van der Waals surface area (Å²) in [5.74, 6) is -0.595. The summed E-state index contributed by atoms with van der Waals surface area (Å²) in [5.41, 5.74) is 0.798. The number of rotatable bonds is 3. The van der Waals surface area contributed by atoms with Crippen LogP contribution in [-0.2, 0) is 14.3 Å². The van der Waals surface area contributed by atoms with Crippen molar-refractivity contribution >= 4 is 23.3 Å². The number of ether oxygens (including phenoxy) is 2. The zero-order valence-corrected chi connectivity index (χ0v) is 10.6. The first-order chi connectivity index (χ1) is 9.06. The Bertz CT molecular complexity index is 552. The van der Waals surface area contributed by atoms with E-state index in [4.69, 9.17) is 4.74 Å². The van der Waals surface area contributed by atoms with E-state index < -0.39 is 5.97 Å². The molecule has 0 spiro atoms. The largest absolute Gasteiger partial charge is 0.496 e. The Morgan fingerprint density at radius 3 is 2.53 bits per heavy atom. The Kier molecular flexibility index (Phi) is 3.50. The van der Waals surface area contributed by atoms with Crippen LogP contribution in [0.15, 0.2) is 18.2 Å². The van der Waals surface area contributed by atoms with Crippen LogP contribution in [0, 0.1) is 0 Å². The molecule has 6 nitrogen and oxygen atoms in total. The Morgan fingerprint density at radius 2 is 2.00 bits per heavy atom. The van der Waals surface area contributed by atoms with Crippen LogP contribution in [0.1, 0.15) is 16.8 Å². The second-order valence-corrected chi connectivity index (χ2v) is 4.07. The van der Waals surface area contributed by atoms with Crippen LogP contribution >= 0.6 is 0 Å². The van der Waals surface area contributed by atoms with Crippen LogP contribution in [0.4, 0.5) is 5.69 Å². The fraction of sp³-hybridized carbons (Fsp3) is 0.308. The highest BCUT2D eigenvalue weighted by Crippen LogP contribution is 2.28. The average molecular weight is 263 g/mol. The summed E-state index contributed by atoms with van der Waals surface area (Å²) in [6, 6.07) is 4.64. The smallest absolute Gasteiger partial charge is 0.341 e. The third-order valence-corrected chi connectivity index (χ3v) is 2.89. The quantitative estimate of drug-likeness (QED) is 0.595. The fourth-order valence-electron chi connectivity index (χ4n) is 1.95. The maximum absolute atomic E-state index is 11.6. The molecule has 0 bridgehead atoms. The lowest BCUT2D eigenvalue weighted by Crippen LogP contribution is -2.24. The average Bonchev–Trinajstić information content (AvgIpc) is 2.76. The van der Waals surface area contributed by atoms with Gasteiger partial charge in [-0.2, -0.15) is 0 Å². The Labute approximate surface area is 109 Å². The van der Waals surface area contributed by atoms with Gasteiger partial charge >= 0.3 is 5.97 Å². The van der Waals surface area contributed by atoms with Crippen LogP contribution in [0.3, 0.4) is 0 Å². The molecule has 0 N–H and O–H groups in total. The van der Waals surface area contributed by atoms with Crippen molar-refractivity contribution in [2.45, 2.75) is 6.42 Å². The molecule has 1 aliphatic heterocycles. The van der Waals surface area contributed by atoms with Crippen molar-refractivity contribution in [3.63, 3.8) is 0 Å². The number of methoxy groups -OCH3 is 2. The van der Waals surface area contributed by atoms with E-state index in [1.54, 1.807) is 12.1 Å². The van der Waals surface area contributed by atoms with E-state index in [2.05, 4.69) is 4.74 Å². The van der Waals surface area contributed by atoms with Gasteiger partial charge < -0.3 is 14.4 Å². The summed E-state index contributed by atoms with van der Waals surface area (Å²) in [6.45, 7) is 0.0551. The predicted octanol–water partition coefficient (Wildman–Crippen LogP) is 0.788. The maximum atomic E-state index is 11.6. The number of hydrogen-bond acceptors (Lipinski definition) is 5. The van der Waals surface area contributed by atoms with E-state index in [9.17, 15) is 14.4 Å². The molecular formula is C13H13NO5. The van der Waals surface area contributed by atoms with Crippen molar-refractivity contribution in [3.05, 3.63) is 23.8 Å². The topological polar surface area (TPSA) is 72.9 Å². The molecule has 0 aromatic heterocycles. The Balaban J connectivity index is 2.37. The van der Waals surface area contributed by atoms with Gasteiger partial charge in [0.05, 0.1) is 27.2 Å². The van der Waals surface area contributed by atoms with E-state index in [-0.39, 0.29) is 30.2 Å². The number of nitrogens with zero attached hydrogens (tertiary/aromatic N) is 1. The Hall–Kier alpha value is -2.37. The molecule has 100 valence electrons. The molecular weight excluding hydrogens is 250 g/mol. The molecule has 1 aromatic rings. The molecule has 1 heterocycles. The molecule has 1 aromatic carbocycles. The highest BCUT2D eigenvalue weighted by Gasteiger charge is 2.29. The molecule has 1 aliphatic rings. The molecule has 6 heteroatoms. The molecule has 2 rings (SSSR count). The number of benzene rings is 1. The number of carbonyl (C=O) groups excluding carboxylic acids is 3. The van der Waals surface area contributed by atoms with Crippen molar-refractivity contribution in [2.24, 2.45) is 0 Å². The zero-order valence-electron chi connectivity index (χ0n) is 10.6. The summed E-state index contributed by atoms with van der Waals surface area (Å²) in [5, 5.41) is 0. The van der Waals surface area contributed by atoms with E-state index in [0.29, 0.717) is 11.4 Å². The van der Waals surface area contributed by atoms with E-state index in [1.807, 2.05) is 0 Å². The number of ketones is 1. The van der Waals surface area contributed by atoms with Crippen LogP contribution in [0.5, 0.6) is 5.75 Å². The second-order valence-electron chi connectivity index (χ2n) is 4.07. The summed E-state index contributed by atoms with van der Waals surface area (Å²) in [7, 11) is 2.70. The molecule has 1 fully saturated rings. The van der Waals surface area contributed by atoms with Gasteiger partial charge in [0.2, 0.25) is 5.91 Å². The van der Waals surface area contributed by atoms with Crippen molar-refractivity contribution in [1.29, 1.82) is 0 Å². The lowest BCUT2D eigenvalue weighted by molar-refractivity contribution is -0.121. The lowest BCUT2D eigenvalue weighted by Gasteiger charge is -2.16. The van der Waals surface area contributed by atoms with Crippen LogP contribution < -0.4 is 9.64 Å². The SMILES string of the molecule is COC(=O)c1ccc(N2CC(=O)CC2=O)cc1OC. The lowest BCUT2D eigenvalue weighted by atomic mass is 10.1. The van der Waals surface area contributed by atoms with Crippen molar-refractivity contribution in [2.75, 3.05) is 25.7 Å². The molecule has 0 atom stereocenters. The van der Waals surface area contributed by atoms with Gasteiger partial charge in [-0.15, -0.1) is 0 Å². The summed E-state index contributed by atoms with van der Waals surface area (Å²) in [4.78, 5) is 35.7. The minimum atomic E-state index is -0.521. The number of esters is 1. The fourth-order valence-corrected chi connectivity index (χ4v) is 1.95.